The van der Waals surface area contributed by atoms with Gasteiger partial charge in [0.2, 0.25) is 0 Å². The third-order valence-electron chi connectivity index (χ3n) is 14.7. The van der Waals surface area contributed by atoms with Crippen molar-refractivity contribution in [2.45, 2.75) is 0 Å². The van der Waals surface area contributed by atoms with Gasteiger partial charge in [0, 0.05) is 35.3 Å². The van der Waals surface area contributed by atoms with Gasteiger partial charge >= 0.3 is 0 Å². The Morgan fingerprint density at radius 2 is 0.474 bits per heavy atom. The van der Waals surface area contributed by atoms with Crippen molar-refractivity contribution in [1.29, 1.82) is 0 Å². The topological polar surface area (TPSA) is 38.7 Å². The number of nitrogens with zero attached hydrogens (tertiary/aromatic N) is 3. The maximum absolute atomic E-state index is 4.96. The second kappa shape index (κ2) is 21.5. The van der Waals surface area contributed by atoms with Crippen molar-refractivity contribution in [1.82, 2.24) is 15.0 Å². The summed E-state index contributed by atoms with van der Waals surface area (Å²) in [6, 6.07) is 105. The van der Waals surface area contributed by atoms with E-state index in [1.165, 1.54) is 11.1 Å². The van der Waals surface area contributed by atoms with Crippen molar-refractivity contribution in [2.75, 3.05) is 0 Å². The molecule has 0 atom stereocenters. The van der Waals surface area contributed by atoms with E-state index in [-0.39, 0.29) is 0 Å². The highest BCUT2D eigenvalue weighted by atomic mass is 14.7. The Morgan fingerprint density at radius 3 is 0.949 bits per heavy atom. The number of benzene rings is 10. The number of pyridine rings is 3. The molecular weight excluding hydrogens is 943 g/mol. The first kappa shape index (κ1) is 47.4. The highest BCUT2D eigenvalue weighted by Gasteiger charge is 2.19. The minimum atomic E-state index is 0.922. The van der Waals surface area contributed by atoms with Crippen LogP contribution in [0.1, 0.15) is 0 Å². The molecule has 0 saturated heterocycles. The maximum atomic E-state index is 4.96. The van der Waals surface area contributed by atoms with Crippen molar-refractivity contribution in [3.8, 4) is 134 Å². The van der Waals surface area contributed by atoms with Gasteiger partial charge in [0.05, 0.1) is 17.1 Å². The average Bonchev–Trinajstić information content (AvgIpc) is 3.57. The Kier molecular flexibility index (Phi) is 13.0. The lowest BCUT2D eigenvalue weighted by Gasteiger charge is -2.19. The molecule has 3 nitrogen and oxygen atoms in total. The van der Waals surface area contributed by atoms with Crippen molar-refractivity contribution >= 4 is 0 Å². The van der Waals surface area contributed by atoms with Crippen LogP contribution < -0.4 is 0 Å². The summed E-state index contributed by atoms with van der Waals surface area (Å²) in [5, 5.41) is 0. The molecule has 0 aliphatic carbocycles. The van der Waals surface area contributed by atoms with Crippen LogP contribution in [0.5, 0.6) is 0 Å². The normalized spacial score (nSPS) is 11.1. The number of rotatable bonds is 12. The summed E-state index contributed by atoms with van der Waals surface area (Å²) in [5.41, 5.74) is 26.6. The Morgan fingerprint density at radius 1 is 0.141 bits per heavy atom. The highest BCUT2D eigenvalue weighted by Crippen LogP contribution is 2.45. The number of aromatic nitrogens is 3. The third kappa shape index (κ3) is 9.76. The number of hydrogen-bond acceptors (Lipinski definition) is 3. The molecule has 3 heterocycles. The van der Waals surface area contributed by atoms with Gasteiger partial charge in [0.25, 0.3) is 0 Å². The molecule has 0 saturated carbocycles. The van der Waals surface area contributed by atoms with Crippen LogP contribution in [-0.4, -0.2) is 15.0 Å². The molecule has 0 N–H and O–H groups in total. The zero-order chi connectivity index (χ0) is 52.0. The van der Waals surface area contributed by atoms with Crippen LogP contribution in [0.25, 0.3) is 134 Å². The quantitative estimate of drug-likeness (QED) is 0.122. The van der Waals surface area contributed by atoms with Gasteiger partial charge in [0.1, 0.15) is 0 Å². The molecule has 0 aliphatic rings. The van der Waals surface area contributed by atoms with Crippen LogP contribution in [0.15, 0.2) is 310 Å². The Hall–Kier alpha value is -10.4. The van der Waals surface area contributed by atoms with Crippen LogP contribution >= 0.6 is 0 Å². The van der Waals surface area contributed by atoms with Crippen molar-refractivity contribution in [3.63, 3.8) is 0 Å². The average molecular weight is 994 g/mol. The second-order valence-electron chi connectivity index (χ2n) is 19.5. The zero-order valence-corrected chi connectivity index (χ0v) is 42.8. The Balaban J connectivity index is 0.983. The predicted molar refractivity (Wildman–Crippen MR) is 325 cm³/mol. The molecule has 0 spiro atoms. The molecule has 0 unspecified atom stereocenters. The molecule has 0 aliphatic heterocycles. The lowest BCUT2D eigenvalue weighted by molar-refractivity contribution is 1.33. The smallest absolute Gasteiger partial charge is 0.0708 e. The summed E-state index contributed by atoms with van der Waals surface area (Å²) < 4.78 is 0. The lowest BCUT2D eigenvalue weighted by Crippen LogP contribution is -1.94. The SMILES string of the molecule is c1ccc(-c2ccc(-c3cc(-c4cc(-c5ccccc5)ccn4)ccc3-c3ccccc3-c3cc(-c4ccccc4-c4ccc(-c5ccccn5)cc4)cc(-c4ccccc4-c4ccc(-c5ccccn5)cc4)c3)cc2)cc1. The molecule has 366 valence electrons. The molecule has 13 aromatic rings. The van der Waals surface area contributed by atoms with Gasteiger partial charge in [-0.15, -0.1) is 0 Å². The van der Waals surface area contributed by atoms with Gasteiger partial charge in [0.15, 0.2) is 0 Å². The first-order valence-corrected chi connectivity index (χ1v) is 26.5. The predicted octanol–water partition coefficient (Wildman–Crippen LogP) is 19.9. The van der Waals surface area contributed by atoms with E-state index in [4.69, 9.17) is 4.98 Å². The van der Waals surface area contributed by atoms with Gasteiger partial charge in [-0.1, -0.05) is 231 Å². The van der Waals surface area contributed by atoms with Crippen molar-refractivity contribution in [3.05, 3.63) is 310 Å². The Labute approximate surface area is 456 Å². The van der Waals surface area contributed by atoms with E-state index >= 15 is 0 Å². The Bertz CT molecular complexity index is 4050. The summed E-state index contributed by atoms with van der Waals surface area (Å²) in [6.45, 7) is 0. The van der Waals surface area contributed by atoms with Gasteiger partial charge in [-0.3, -0.25) is 15.0 Å². The summed E-state index contributed by atoms with van der Waals surface area (Å²) in [6.07, 6.45) is 5.61. The van der Waals surface area contributed by atoms with Crippen LogP contribution in [0.2, 0.25) is 0 Å². The van der Waals surface area contributed by atoms with Gasteiger partial charge in [-0.05, 0) is 161 Å². The molecule has 0 fully saturated rings. The summed E-state index contributed by atoms with van der Waals surface area (Å²) in [5.74, 6) is 0. The first-order valence-electron chi connectivity index (χ1n) is 26.5. The third-order valence-corrected chi connectivity index (χ3v) is 14.7. The highest BCUT2D eigenvalue weighted by molar-refractivity contribution is 5.97. The van der Waals surface area contributed by atoms with E-state index in [0.717, 1.165) is 123 Å². The molecule has 0 amide bonds. The van der Waals surface area contributed by atoms with Gasteiger partial charge in [-0.25, -0.2) is 0 Å². The van der Waals surface area contributed by atoms with Crippen LogP contribution in [-0.2, 0) is 0 Å². The zero-order valence-electron chi connectivity index (χ0n) is 42.8. The molecule has 13 rings (SSSR count). The van der Waals surface area contributed by atoms with E-state index in [0.29, 0.717) is 0 Å². The van der Waals surface area contributed by atoms with E-state index < -0.39 is 0 Å². The molecule has 3 aromatic heterocycles. The maximum Gasteiger partial charge on any atom is 0.0708 e. The molecular formula is C75H51N3. The molecule has 0 bridgehead atoms. The van der Waals surface area contributed by atoms with Crippen molar-refractivity contribution in [2.24, 2.45) is 0 Å². The summed E-state index contributed by atoms with van der Waals surface area (Å²) >= 11 is 0. The number of hydrogen-bond donors (Lipinski definition) is 0. The minimum Gasteiger partial charge on any atom is -0.256 e. The molecule has 0 radical (unpaired) electrons. The lowest BCUT2D eigenvalue weighted by atomic mass is 9.84. The van der Waals surface area contributed by atoms with Crippen LogP contribution in [0.4, 0.5) is 0 Å². The monoisotopic (exact) mass is 993 g/mol. The van der Waals surface area contributed by atoms with E-state index in [2.05, 4.69) is 277 Å². The fourth-order valence-corrected chi connectivity index (χ4v) is 10.8. The molecule has 3 heteroatoms. The van der Waals surface area contributed by atoms with E-state index in [1.54, 1.807) is 0 Å². The van der Waals surface area contributed by atoms with Crippen LogP contribution in [0, 0.1) is 0 Å². The fraction of sp³-hybridized carbons (Fsp3) is 0. The first-order chi connectivity index (χ1) is 38.7. The molecule has 10 aromatic carbocycles. The van der Waals surface area contributed by atoms with Gasteiger partial charge < -0.3 is 0 Å². The van der Waals surface area contributed by atoms with Crippen LogP contribution in [0.3, 0.4) is 0 Å². The standard InChI is InChI=1S/C75H51N3/c1-3-17-52(18-4-1)54-29-31-57(32-30-54)72-50-61(75-51-60(43-46-78-75)53-19-5-2-6-20-53)41-42-71(72)70-26-12-11-25-69(70)64-48-62(67-23-9-7-21-65(67)55-33-37-58(38-34-55)73-27-13-15-44-76-73)47-63(49-64)68-24-10-8-22-66(68)56-35-39-59(40-36-56)74-28-14-16-45-77-74/h1-51H. The van der Waals surface area contributed by atoms with E-state index in [9.17, 15) is 0 Å². The fourth-order valence-electron chi connectivity index (χ4n) is 10.8. The summed E-state index contributed by atoms with van der Waals surface area (Å²) in [7, 11) is 0. The molecule has 78 heavy (non-hydrogen) atoms. The summed E-state index contributed by atoms with van der Waals surface area (Å²) in [4.78, 5) is 14.2. The second-order valence-corrected chi connectivity index (χ2v) is 19.5. The van der Waals surface area contributed by atoms with Crippen molar-refractivity contribution < 1.29 is 0 Å². The van der Waals surface area contributed by atoms with E-state index in [1.807, 2.05) is 42.9 Å². The largest absolute Gasteiger partial charge is 0.256 e. The minimum absolute atomic E-state index is 0.922. The van der Waals surface area contributed by atoms with Gasteiger partial charge in [-0.2, -0.15) is 0 Å².